The topological polar surface area (TPSA) is 18.5 Å². The zero-order chi connectivity index (χ0) is 20.6. The Bertz CT molecular complexity index is 607. The van der Waals surface area contributed by atoms with E-state index < -0.39 is 16.6 Å². The van der Waals surface area contributed by atoms with Crippen LogP contribution in [-0.4, -0.2) is 23.2 Å². The van der Waals surface area contributed by atoms with Crippen molar-refractivity contribution >= 4 is 39.8 Å². The Morgan fingerprint density at radius 2 is 1.23 bits per heavy atom. The van der Waals surface area contributed by atoms with Crippen LogP contribution in [0, 0.1) is 0 Å². The van der Waals surface area contributed by atoms with Gasteiger partial charge in [-0.15, -0.1) is 0 Å². The number of hydrogen-bond acceptors (Lipinski definition) is 2. The van der Waals surface area contributed by atoms with Crippen LogP contribution in [0.15, 0.2) is 12.1 Å². The van der Waals surface area contributed by atoms with E-state index in [1.165, 1.54) is 0 Å². The molecule has 0 amide bonds. The van der Waals surface area contributed by atoms with E-state index in [9.17, 15) is 0 Å². The minimum absolute atomic E-state index is 0.0926. The highest BCUT2D eigenvalue weighted by Gasteiger charge is 2.40. The highest BCUT2D eigenvalue weighted by atomic mass is 35.5. The summed E-state index contributed by atoms with van der Waals surface area (Å²) in [6.07, 6.45) is 0.798. The smallest absolute Gasteiger partial charge is 0.250 e. The first-order valence-corrected chi connectivity index (χ1v) is 15.9. The maximum absolute atomic E-state index is 6.51. The van der Waals surface area contributed by atoms with E-state index in [4.69, 9.17) is 32.1 Å². The molecule has 0 unspecified atom stereocenters. The van der Waals surface area contributed by atoms with Crippen molar-refractivity contribution in [2.75, 3.05) is 6.61 Å². The molecule has 0 saturated heterocycles. The van der Waals surface area contributed by atoms with E-state index in [0.29, 0.717) is 22.4 Å². The Morgan fingerprint density at radius 1 is 0.808 bits per heavy atom. The molecular weight excluding hydrogens is 399 g/mol. The second kappa shape index (κ2) is 8.16. The fraction of sp³-hybridized carbons (Fsp3) is 0.700. The van der Waals surface area contributed by atoms with Crippen LogP contribution in [0.1, 0.15) is 47.1 Å². The van der Waals surface area contributed by atoms with Gasteiger partial charge in [-0.05, 0) is 60.4 Å². The van der Waals surface area contributed by atoms with Crippen molar-refractivity contribution in [1.82, 2.24) is 0 Å². The van der Waals surface area contributed by atoms with Crippen molar-refractivity contribution in [2.45, 2.75) is 84.2 Å². The van der Waals surface area contributed by atoms with Crippen LogP contribution in [0.3, 0.4) is 0 Å². The highest BCUT2D eigenvalue weighted by molar-refractivity contribution is 6.75. The summed E-state index contributed by atoms with van der Waals surface area (Å²) < 4.78 is 12.6. The third-order valence-electron chi connectivity index (χ3n) is 5.88. The minimum Gasteiger partial charge on any atom is -0.542 e. The van der Waals surface area contributed by atoms with Crippen molar-refractivity contribution in [3.05, 3.63) is 27.7 Å². The third-order valence-corrected chi connectivity index (χ3v) is 15.3. The maximum Gasteiger partial charge on any atom is 0.250 e. The molecule has 0 N–H and O–H groups in total. The van der Waals surface area contributed by atoms with Crippen LogP contribution in [0.25, 0.3) is 0 Å². The lowest BCUT2D eigenvalue weighted by atomic mass is 10.1. The summed E-state index contributed by atoms with van der Waals surface area (Å²) in [5, 5.41) is 1.48. The lowest BCUT2D eigenvalue weighted by Crippen LogP contribution is -2.44. The van der Waals surface area contributed by atoms with Crippen LogP contribution in [0.5, 0.6) is 5.75 Å². The maximum atomic E-state index is 6.51. The molecule has 0 radical (unpaired) electrons. The van der Waals surface area contributed by atoms with Crippen LogP contribution in [0.4, 0.5) is 0 Å². The Morgan fingerprint density at radius 3 is 1.62 bits per heavy atom. The third kappa shape index (κ3) is 6.00. The Labute approximate surface area is 172 Å². The van der Waals surface area contributed by atoms with Gasteiger partial charge in [-0.3, -0.25) is 0 Å². The number of halogens is 2. The molecule has 0 bridgehead atoms. The summed E-state index contributed by atoms with van der Waals surface area (Å²) in [5.74, 6) is 0.619. The van der Waals surface area contributed by atoms with Gasteiger partial charge in [0.2, 0.25) is 0 Å². The van der Waals surface area contributed by atoms with Crippen molar-refractivity contribution in [1.29, 1.82) is 0 Å². The lowest BCUT2D eigenvalue weighted by Gasteiger charge is -2.37. The zero-order valence-electron chi connectivity index (χ0n) is 18.1. The Balaban J connectivity index is 2.88. The van der Waals surface area contributed by atoms with Gasteiger partial charge in [0.05, 0.1) is 10.0 Å². The molecule has 2 nitrogen and oxygen atoms in total. The van der Waals surface area contributed by atoms with Crippen molar-refractivity contribution in [2.24, 2.45) is 0 Å². The van der Waals surface area contributed by atoms with Gasteiger partial charge >= 0.3 is 0 Å². The summed E-state index contributed by atoms with van der Waals surface area (Å²) >= 11 is 13.0. The average Bonchev–Trinajstić information content (AvgIpc) is 2.40. The summed E-state index contributed by atoms with van der Waals surface area (Å²) in [5.41, 5.74) is 1.08. The molecule has 0 fully saturated rings. The molecule has 6 heteroatoms. The van der Waals surface area contributed by atoms with E-state index in [2.05, 4.69) is 67.7 Å². The first-order valence-electron chi connectivity index (χ1n) is 9.29. The summed E-state index contributed by atoms with van der Waals surface area (Å²) in [6.45, 7) is 23.0. The second-order valence-electron chi connectivity index (χ2n) is 10.1. The average molecular weight is 436 g/mol. The molecule has 0 aromatic heterocycles. The molecule has 0 saturated carbocycles. The number of benzene rings is 1. The molecule has 0 spiro atoms. The standard InChI is InChI=1S/C20H36Cl2O2Si2/c1-19(2,3)25(7,8)23-12-11-15-13-16(21)18(17(22)14-15)24-26(9,10)20(4,5)6/h13-14H,11-12H2,1-10H3. The van der Waals surface area contributed by atoms with Crippen LogP contribution in [-0.2, 0) is 10.8 Å². The largest absolute Gasteiger partial charge is 0.542 e. The van der Waals surface area contributed by atoms with Crippen molar-refractivity contribution < 1.29 is 8.85 Å². The molecule has 1 aromatic rings. The molecule has 1 aromatic carbocycles. The first-order chi connectivity index (χ1) is 11.5. The number of hydrogen-bond donors (Lipinski definition) is 0. The molecule has 150 valence electrons. The van der Waals surface area contributed by atoms with E-state index in [1.54, 1.807) is 0 Å². The molecular formula is C20H36Cl2O2Si2. The van der Waals surface area contributed by atoms with E-state index >= 15 is 0 Å². The van der Waals surface area contributed by atoms with E-state index in [-0.39, 0.29) is 10.1 Å². The molecule has 0 aliphatic carbocycles. The fourth-order valence-corrected chi connectivity index (χ4v) is 4.72. The lowest BCUT2D eigenvalue weighted by molar-refractivity contribution is 0.292. The van der Waals surface area contributed by atoms with Crippen LogP contribution in [0.2, 0.25) is 46.3 Å². The zero-order valence-corrected chi connectivity index (χ0v) is 21.7. The van der Waals surface area contributed by atoms with E-state index in [0.717, 1.165) is 12.0 Å². The van der Waals surface area contributed by atoms with Gasteiger partial charge in [-0.2, -0.15) is 0 Å². The van der Waals surface area contributed by atoms with Gasteiger partial charge in [-0.25, -0.2) is 0 Å². The van der Waals surface area contributed by atoms with Gasteiger partial charge in [-0.1, -0.05) is 64.7 Å². The molecule has 26 heavy (non-hydrogen) atoms. The van der Waals surface area contributed by atoms with Gasteiger partial charge in [0.1, 0.15) is 5.75 Å². The first kappa shape index (κ1) is 24.0. The predicted octanol–water partition coefficient (Wildman–Crippen LogP) is 7.94. The Kier molecular flexibility index (Phi) is 7.54. The Hall–Kier alpha value is -0.00623. The SMILES string of the molecule is CC(C)(C)[Si](C)(C)OCCc1cc(Cl)c(O[Si](C)(C)C(C)(C)C)c(Cl)c1. The molecule has 0 aliphatic rings. The van der Waals surface area contributed by atoms with Crippen LogP contribution >= 0.6 is 23.2 Å². The number of rotatable bonds is 6. The summed E-state index contributed by atoms with van der Waals surface area (Å²) in [6, 6.07) is 3.93. The molecule has 0 aliphatic heterocycles. The summed E-state index contributed by atoms with van der Waals surface area (Å²) in [4.78, 5) is 0. The molecule has 1 rings (SSSR count). The van der Waals surface area contributed by atoms with E-state index in [1.807, 2.05) is 12.1 Å². The monoisotopic (exact) mass is 434 g/mol. The van der Waals surface area contributed by atoms with Gasteiger partial charge in [0.25, 0.3) is 8.32 Å². The summed E-state index contributed by atoms with van der Waals surface area (Å²) in [7, 11) is -3.72. The van der Waals surface area contributed by atoms with Crippen molar-refractivity contribution in [3.8, 4) is 5.75 Å². The second-order valence-corrected chi connectivity index (χ2v) is 20.5. The highest BCUT2D eigenvalue weighted by Crippen LogP contribution is 2.42. The molecule has 0 atom stereocenters. The normalized spacial score (nSPS) is 13.8. The quantitative estimate of drug-likeness (QED) is 0.422. The predicted molar refractivity (Wildman–Crippen MR) is 121 cm³/mol. The molecule has 0 heterocycles. The van der Waals surface area contributed by atoms with Crippen LogP contribution < -0.4 is 4.43 Å². The van der Waals surface area contributed by atoms with Gasteiger partial charge in [0, 0.05) is 6.61 Å². The van der Waals surface area contributed by atoms with Crippen molar-refractivity contribution in [3.63, 3.8) is 0 Å². The van der Waals surface area contributed by atoms with Gasteiger partial charge in [0.15, 0.2) is 8.32 Å². The van der Waals surface area contributed by atoms with Gasteiger partial charge < -0.3 is 8.85 Å². The fourth-order valence-electron chi connectivity index (χ4n) is 1.90. The minimum atomic E-state index is -1.99.